The van der Waals surface area contributed by atoms with Crippen LogP contribution in [0, 0.1) is 6.92 Å². The Hall–Kier alpha value is -1.66. The molecule has 0 aliphatic carbocycles. The fourth-order valence-electron chi connectivity index (χ4n) is 3.59. The molecule has 1 amide bonds. The Bertz CT molecular complexity index is 572. The van der Waals surface area contributed by atoms with Crippen LogP contribution in [0.1, 0.15) is 24.8 Å². The fraction of sp³-hybridized carbons (Fsp3) is 0.667. The number of methoxy groups -OCH3 is 1. The van der Waals surface area contributed by atoms with Crippen molar-refractivity contribution >= 4 is 5.91 Å². The van der Waals surface area contributed by atoms with Crippen LogP contribution in [0.4, 0.5) is 0 Å². The van der Waals surface area contributed by atoms with Gasteiger partial charge < -0.3 is 14.4 Å². The number of aromatic nitrogens is 1. The van der Waals surface area contributed by atoms with E-state index in [0.717, 1.165) is 50.2 Å². The van der Waals surface area contributed by atoms with Crippen molar-refractivity contribution in [1.29, 1.82) is 0 Å². The topological polar surface area (TPSA) is 54.9 Å². The highest BCUT2D eigenvalue weighted by molar-refractivity contribution is 5.82. The quantitative estimate of drug-likeness (QED) is 0.835. The SMILES string of the molecule is CO[C@H]1C[C@@H](C(=O)N2CCC(Oc3ccncc3C)CC2)N(C)C1. The van der Waals surface area contributed by atoms with Crippen molar-refractivity contribution in [1.82, 2.24) is 14.8 Å². The van der Waals surface area contributed by atoms with E-state index in [-0.39, 0.29) is 24.2 Å². The Morgan fingerprint density at radius 3 is 2.67 bits per heavy atom. The summed E-state index contributed by atoms with van der Waals surface area (Å²) in [6, 6.07) is 1.86. The zero-order valence-corrected chi connectivity index (χ0v) is 14.8. The maximum atomic E-state index is 12.8. The molecule has 2 aliphatic rings. The molecule has 0 saturated carbocycles. The van der Waals surface area contributed by atoms with Crippen LogP contribution in [-0.4, -0.2) is 72.7 Å². The van der Waals surface area contributed by atoms with Crippen LogP contribution in [0.5, 0.6) is 5.75 Å². The lowest BCUT2D eigenvalue weighted by atomic mass is 10.1. The second-order valence-electron chi connectivity index (χ2n) is 6.83. The number of hydrogen-bond donors (Lipinski definition) is 0. The van der Waals surface area contributed by atoms with Crippen LogP contribution in [0.25, 0.3) is 0 Å². The molecule has 0 spiro atoms. The Morgan fingerprint density at radius 2 is 2.04 bits per heavy atom. The maximum absolute atomic E-state index is 12.8. The van der Waals surface area contributed by atoms with Crippen molar-refractivity contribution in [3.63, 3.8) is 0 Å². The molecule has 2 aliphatic heterocycles. The van der Waals surface area contributed by atoms with Gasteiger partial charge in [0.1, 0.15) is 11.9 Å². The van der Waals surface area contributed by atoms with Gasteiger partial charge >= 0.3 is 0 Å². The lowest BCUT2D eigenvalue weighted by molar-refractivity contribution is -0.137. The van der Waals surface area contributed by atoms with Gasteiger partial charge in [-0.1, -0.05) is 0 Å². The summed E-state index contributed by atoms with van der Waals surface area (Å²) < 4.78 is 11.5. The Labute approximate surface area is 143 Å². The molecular weight excluding hydrogens is 306 g/mol. The van der Waals surface area contributed by atoms with Gasteiger partial charge in [-0.05, 0) is 26.5 Å². The molecule has 2 fully saturated rings. The van der Waals surface area contributed by atoms with E-state index in [2.05, 4.69) is 9.88 Å². The van der Waals surface area contributed by atoms with Gasteiger partial charge in [0, 0.05) is 57.5 Å². The third kappa shape index (κ3) is 3.70. The number of nitrogens with zero attached hydrogens (tertiary/aromatic N) is 3. The highest BCUT2D eigenvalue weighted by Crippen LogP contribution is 2.24. The van der Waals surface area contributed by atoms with E-state index in [1.54, 1.807) is 13.3 Å². The highest BCUT2D eigenvalue weighted by atomic mass is 16.5. The zero-order chi connectivity index (χ0) is 17.1. The summed E-state index contributed by atoms with van der Waals surface area (Å²) in [6.45, 7) is 4.35. The summed E-state index contributed by atoms with van der Waals surface area (Å²) in [6.07, 6.45) is 6.44. The number of likely N-dealkylation sites (tertiary alicyclic amines) is 2. The number of rotatable bonds is 4. The third-order valence-corrected chi connectivity index (χ3v) is 5.14. The number of carbonyl (C=O) groups is 1. The van der Waals surface area contributed by atoms with Crippen molar-refractivity contribution < 1.29 is 14.3 Å². The van der Waals surface area contributed by atoms with Crippen LogP contribution < -0.4 is 4.74 Å². The number of likely N-dealkylation sites (N-methyl/N-ethyl adjacent to an activating group) is 1. The van der Waals surface area contributed by atoms with Crippen molar-refractivity contribution in [2.45, 2.75) is 44.4 Å². The van der Waals surface area contributed by atoms with Gasteiger partial charge in [0.25, 0.3) is 0 Å². The first-order chi connectivity index (χ1) is 11.6. The first-order valence-electron chi connectivity index (χ1n) is 8.67. The molecule has 24 heavy (non-hydrogen) atoms. The van der Waals surface area contributed by atoms with Crippen molar-refractivity contribution in [3.05, 3.63) is 24.0 Å². The molecule has 6 heteroatoms. The first-order valence-corrected chi connectivity index (χ1v) is 8.67. The van der Waals surface area contributed by atoms with Gasteiger partial charge in [-0.25, -0.2) is 0 Å². The molecule has 3 heterocycles. The van der Waals surface area contributed by atoms with E-state index >= 15 is 0 Å². The number of amides is 1. The first kappa shape index (κ1) is 17.2. The average Bonchev–Trinajstić information content (AvgIpc) is 2.98. The van der Waals surface area contributed by atoms with Crippen molar-refractivity contribution in [3.8, 4) is 5.75 Å². The van der Waals surface area contributed by atoms with Gasteiger partial charge in [0.05, 0.1) is 12.1 Å². The second kappa shape index (κ2) is 7.49. The molecule has 132 valence electrons. The maximum Gasteiger partial charge on any atom is 0.240 e. The molecule has 3 rings (SSSR count). The minimum absolute atomic E-state index is 0.0464. The molecule has 2 saturated heterocycles. The average molecular weight is 333 g/mol. The smallest absolute Gasteiger partial charge is 0.240 e. The lowest BCUT2D eigenvalue weighted by Crippen LogP contribution is -2.48. The summed E-state index contributed by atoms with van der Waals surface area (Å²) in [5, 5.41) is 0. The molecule has 6 nitrogen and oxygen atoms in total. The number of carbonyl (C=O) groups excluding carboxylic acids is 1. The van der Waals surface area contributed by atoms with Crippen LogP contribution >= 0.6 is 0 Å². The van der Waals surface area contributed by atoms with E-state index in [1.807, 2.05) is 31.1 Å². The number of piperidine rings is 1. The summed E-state index contributed by atoms with van der Waals surface area (Å²) in [5.41, 5.74) is 1.05. The van der Waals surface area contributed by atoms with Gasteiger partial charge in [-0.2, -0.15) is 0 Å². The van der Waals surface area contributed by atoms with Crippen LogP contribution in [-0.2, 0) is 9.53 Å². The minimum Gasteiger partial charge on any atom is -0.490 e. The van der Waals surface area contributed by atoms with E-state index in [0.29, 0.717) is 0 Å². The second-order valence-corrected chi connectivity index (χ2v) is 6.83. The van der Waals surface area contributed by atoms with E-state index < -0.39 is 0 Å². The molecule has 1 aromatic rings. The normalized spacial score (nSPS) is 25.9. The predicted octanol–water partition coefficient (Wildman–Crippen LogP) is 1.48. The standard InChI is InChI=1S/C18H27N3O3/c1-13-11-19-7-4-17(13)24-14-5-8-21(9-6-14)18(22)16-10-15(23-3)12-20(16)2/h4,7,11,14-16H,5-6,8-10,12H2,1-3H3/t15-,16-/m0/s1. The highest BCUT2D eigenvalue weighted by Gasteiger charge is 2.37. The van der Waals surface area contributed by atoms with Gasteiger partial charge in [0.15, 0.2) is 0 Å². The largest absolute Gasteiger partial charge is 0.490 e. The lowest BCUT2D eigenvalue weighted by Gasteiger charge is -2.35. The minimum atomic E-state index is -0.0464. The van der Waals surface area contributed by atoms with E-state index in [1.165, 1.54) is 0 Å². The summed E-state index contributed by atoms with van der Waals surface area (Å²) in [5.74, 6) is 1.13. The molecule has 0 unspecified atom stereocenters. The molecule has 0 aromatic carbocycles. The Kier molecular flexibility index (Phi) is 5.36. The van der Waals surface area contributed by atoms with E-state index in [4.69, 9.17) is 9.47 Å². The summed E-state index contributed by atoms with van der Waals surface area (Å²) in [4.78, 5) is 21.0. The monoisotopic (exact) mass is 333 g/mol. The molecular formula is C18H27N3O3. The van der Waals surface area contributed by atoms with Gasteiger partial charge in [-0.15, -0.1) is 0 Å². The number of pyridine rings is 1. The van der Waals surface area contributed by atoms with Crippen LogP contribution in [0.15, 0.2) is 18.5 Å². The molecule has 0 N–H and O–H groups in total. The van der Waals surface area contributed by atoms with Crippen LogP contribution in [0.2, 0.25) is 0 Å². The van der Waals surface area contributed by atoms with Gasteiger partial charge in [-0.3, -0.25) is 14.7 Å². The number of hydrogen-bond acceptors (Lipinski definition) is 5. The Morgan fingerprint density at radius 1 is 1.29 bits per heavy atom. The van der Waals surface area contributed by atoms with E-state index in [9.17, 15) is 4.79 Å². The molecule has 1 aromatic heterocycles. The summed E-state index contributed by atoms with van der Waals surface area (Å²) in [7, 11) is 3.72. The van der Waals surface area contributed by atoms with Crippen molar-refractivity contribution in [2.75, 3.05) is 33.8 Å². The zero-order valence-electron chi connectivity index (χ0n) is 14.8. The van der Waals surface area contributed by atoms with Crippen LogP contribution in [0.3, 0.4) is 0 Å². The molecule has 0 radical (unpaired) electrons. The third-order valence-electron chi connectivity index (χ3n) is 5.14. The Balaban J connectivity index is 1.52. The number of ether oxygens (including phenoxy) is 2. The predicted molar refractivity (Wildman–Crippen MR) is 91.0 cm³/mol. The van der Waals surface area contributed by atoms with Gasteiger partial charge in [0.2, 0.25) is 5.91 Å². The molecule has 2 atom stereocenters. The fourth-order valence-corrected chi connectivity index (χ4v) is 3.59. The summed E-state index contributed by atoms with van der Waals surface area (Å²) >= 11 is 0. The number of aryl methyl sites for hydroxylation is 1. The molecule has 0 bridgehead atoms. The van der Waals surface area contributed by atoms with Crippen molar-refractivity contribution in [2.24, 2.45) is 0 Å².